The molecule has 0 atom stereocenters. The fourth-order valence-corrected chi connectivity index (χ4v) is 12.8. The topological polar surface area (TPSA) is 0 Å². The Morgan fingerprint density at radius 1 is 0.317 bits per heavy atom. The van der Waals surface area contributed by atoms with Gasteiger partial charge in [-0.3, -0.25) is 0 Å². The van der Waals surface area contributed by atoms with Crippen LogP contribution in [0.3, 0.4) is 0 Å². The Morgan fingerprint density at radius 2 is 0.512 bits per heavy atom. The molecular formula is C40H48Si. The van der Waals surface area contributed by atoms with Crippen molar-refractivity contribution in [3.05, 3.63) is 95.1 Å². The monoisotopic (exact) mass is 556 g/mol. The zero-order valence-corrected chi connectivity index (χ0v) is 28.4. The van der Waals surface area contributed by atoms with Gasteiger partial charge in [0.1, 0.15) is 0 Å². The third-order valence-electron chi connectivity index (χ3n) is 9.74. The quantitative estimate of drug-likeness (QED) is 0.165. The molecule has 4 aromatic rings. The molecule has 4 aromatic carbocycles. The van der Waals surface area contributed by atoms with Gasteiger partial charge in [0.05, 0.1) is 0 Å². The van der Waals surface area contributed by atoms with Crippen molar-refractivity contribution in [2.75, 3.05) is 0 Å². The fourth-order valence-electron chi connectivity index (χ4n) is 7.09. The summed E-state index contributed by atoms with van der Waals surface area (Å²) in [6, 6.07) is 29.8. The lowest BCUT2D eigenvalue weighted by atomic mass is 9.85. The molecule has 2 heterocycles. The van der Waals surface area contributed by atoms with Crippen molar-refractivity contribution in [1.82, 2.24) is 0 Å². The molecule has 41 heavy (non-hydrogen) atoms. The highest BCUT2D eigenvalue weighted by Gasteiger charge is 2.55. The lowest BCUT2D eigenvalue weighted by Crippen LogP contribution is -2.71. The highest BCUT2D eigenvalue weighted by atomic mass is 28.3. The summed E-state index contributed by atoms with van der Waals surface area (Å²) in [5.41, 5.74) is 11.8. The minimum absolute atomic E-state index is 0.0841. The molecule has 0 aromatic heterocycles. The fraction of sp³-hybridized carbons (Fsp3) is 0.400. The van der Waals surface area contributed by atoms with E-state index < -0.39 is 8.07 Å². The Morgan fingerprint density at radius 3 is 0.683 bits per heavy atom. The molecule has 0 radical (unpaired) electrons. The third-order valence-corrected chi connectivity index (χ3v) is 14.6. The van der Waals surface area contributed by atoms with Crippen LogP contribution in [0.4, 0.5) is 0 Å². The van der Waals surface area contributed by atoms with Gasteiger partial charge in [0.2, 0.25) is 0 Å². The van der Waals surface area contributed by atoms with E-state index in [1.807, 2.05) is 0 Å². The van der Waals surface area contributed by atoms with Gasteiger partial charge in [-0.15, -0.1) is 0 Å². The maximum atomic E-state index is 2.62. The van der Waals surface area contributed by atoms with Crippen molar-refractivity contribution >= 4 is 28.8 Å². The molecule has 212 valence electrons. The summed E-state index contributed by atoms with van der Waals surface area (Å²) in [6.07, 6.45) is 0. The van der Waals surface area contributed by atoms with Crippen molar-refractivity contribution in [1.29, 1.82) is 0 Å². The predicted octanol–water partition coefficient (Wildman–Crippen LogP) is 8.21. The smallest absolute Gasteiger partial charge is 0.0579 e. The first-order chi connectivity index (χ1) is 18.8. The molecule has 0 amide bonds. The zero-order valence-electron chi connectivity index (χ0n) is 27.4. The first kappa shape index (κ1) is 28.2. The van der Waals surface area contributed by atoms with Gasteiger partial charge in [0.25, 0.3) is 0 Å². The highest BCUT2D eigenvalue weighted by molar-refractivity contribution is 7.24. The van der Waals surface area contributed by atoms with Crippen LogP contribution < -0.4 is 20.7 Å². The molecule has 6 rings (SSSR count). The van der Waals surface area contributed by atoms with Crippen molar-refractivity contribution in [3.8, 4) is 22.3 Å². The van der Waals surface area contributed by atoms with Crippen LogP contribution in [-0.4, -0.2) is 8.07 Å². The Balaban J connectivity index is 1.83. The largest absolute Gasteiger partial charge is 0.182 e. The van der Waals surface area contributed by atoms with Crippen LogP contribution in [-0.2, 0) is 21.7 Å². The summed E-state index contributed by atoms with van der Waals surface area (Å²) in [7, 11) is -2.59. The second kappa shape index (κ2) is 8.57. The summed E-state index contributed by atoms with van der Waals surface area (Å²) in [5.74, 6) is 0. The molecule has 2 aliphatic rings. The van der Waals surface area contributed by atoms with Gasteiger partial charge in [-0.1, -0.05) is 156 Å². The molecule has 0 saturated heterocycles. The van der Waals surface area contributed by atoms with E-state index >= 15 is 0 Å². The zero-order chi connectivity index (χ0) is 29.9. The molecule has 0 unspecified atom stereocenters. The first-order valence-electron chi connectivity index (χ1n) is 15.5. The molecule has 0 saturated carbocycles. The lowest BCUT2D eigenvalue weighted by Gasteiger charge is -2.32. The van der Waals surface area contributed by atoms with E-state index in [9.17, 15) is 0 Å². The van der Waals surface area contributed by atoms with Gasteiger partial charge in [-0.25, -0.2) is 0 Å². The molecule has 0 aliphatic carbocycles. The standard InChI is InChI=1S/C40H48Si/c1-37(2,3)25-13-17-29-30-18-14-26(38(4,5)6)22-34(30)41(33(29)21-25)35-23-27(39(7,8)9)15-19-31(35)32-20-16-28(24-36(32)41)40(10,11)12/h13-24H,1-12H3. The summed E-state index contributed by atoms with van der Waals surface area (Å²) in [4.78, 5) is 0. The average molecular weight is 557 g/mol. The van der Waals surface area contributed by atoms with Crippen molar-refractivity contribution in [3.63, 3.8) is 0 Å². The van der Waals surface area contributed by atoms with Crippen LogP contribution in [0.15, 0.2) is 72.8 Å². The van der Waals surface area contributed by atoms with Crippen LogP contribution in [0.1, 0.15) is 105 Å². The van der Waals surface area contributed by atoms with Crippen molar-refractivity contribution < 1.29 is 0 Å². The number of rotatable bonds is 0. The maximum absolute atomic E-state index is 2.62. The van der Waals surface area contributed by atoms with E-state index in [1.165, 1.54) is 44.5 Å². The molecular weight excluding hydrogens is 509 g/mol. The van der Waals surface area contributed by atoms with Crippen LogP contribution in [0.25, 0.3) is 22.3 Å². The van der Waals surface area contributed by atoms with Crippen LogP contribution in [0, 0.1) is 0 Å². The normalized spacial score (nSPS) is 15.5. The minimum Gasteiger partial charge on any atom is -0.0579 e. The second-order valence-corrected chi connectivity index (χ2v) is 20.4. The average Bonchev–Trinajstić information content (AvgIpc) is 3.32. The molecule has 0 fully saturated rings. The van der Waals surface area contributed by atoms with E-state index in [1.54, 1.807) is 20.7 Å². The van der Waals surface area contributed by atoms with E-state index in [2.05, 4.69) is 156 Å². The molecule has 2 aliphatic heterocycles. The molecule has 0 N–H and O–H groups in total. The van der Waals surface area contributed by atoms with Gasteiger partial charge in [0.15, 0.2) is 8.07 Å². The van der Waals surface area contributed by atoms with Gasteiger partial charge in [-0.05, 0) is 86.9 Å². The molecule has 0 nitrogen and oxygen atoms in total. The van der Waals surface area contributed by atoms with Crippen molar-refractivity contribution in [2.45, 2.75) is 105 Å². The van der Waals surface area contributed by atoms with E-state index in [0.717, 1.165) is 0 Å². The summed E-state index contributed by atoms with van der Waals surface area (Å²) in [5, 5.41) is 6.34. The summed E-state index contributed by atoms with van der Waals surface area (Å²) in [6.45, 7) is 28.3. The van der Waals surface area contributed by atoms with Gasteiger partial charge in [0, 0.05) is 0 Å². The first-order valence-corrected chi connectivity index (χ1v) is 17.5. The number of hydrogen-bond acceptors (Lipinski definition) is 0. The Hall–Kier alpha value is -2.90. The number of benzene rings is 4. The van der Waals surface area contributed by atoms with Gasteiger partial charge in [-0.2, -0.15) is 0 Å². The summed E-state index contributed by atoms with van der Waals surface area (Å²) >= 11 is 0. The molecule has 1 heteroatoms. The third kappa shape index (κ3) is 4.14. The number of hydrogen-bond donors (Lipinski definition) is 0. The highest BCUT2D eigenvalue weighted by Crippen LogP contribution is 2.40. The molecule has 0 bridgehead atoms. The predicted molar refractivity (Wildman–Crippen MR) is 183 cm³/mol. The van der Waals surface area contributed by atoms with Gasteiger partial charge >= 0.3 is 0 Å². The Labute approximate surface area is 250 Å². The van der Waals surface area contributed by atoms with Crippen LogP contribution in [0.5, 0.6) is 0 Å². The maximum Gasteiger partial charge on any atom is 0.182 e. The van der Waals surface area contributed by atoms with Gasteiger partial charge < -0.3 is 0 Å². The second-order valence-electron chi connectivity index (χ2n) is 16.8. The van der Waals surface area contributed by atoms with Crippen LogP contribution in [0.2, 0.25) is 0 Å². The Kier molecular flexibility index (Phi) is 5.90. The van der Waals surface area contributed by atoms with E-state index in [0.29, 0.717) is 0 Å². The SMILES string of the molecule is CC(C)(C)c1ccc2c(c1)[Si]1(c3cc(C(C)(C)C)ccc3-2)c2cc(C(C)(C)C)ccc2-c2ccc(C(C)(C)C)cc21. The van der Waals surface area contributed by atoms with Crippen LogP contribution >= 0.6 is 0 Å². The minimum atomic E-state index is -2.59. The van der Waals surface area contributed by atoms with E-state index in [-0.39, 0.29) is 21.7 Å². The molecule has 1 spiro atoms. The lowest BCUT2D eigenvalue weighted by molar-refractivity contribution is 0.590. The van der Waals surface area contributed by atoms with Crippen molar-refractivity contribution in [2.24, 2.45) is 0 Å². The Bertz CT molecular complexity index is 1440. The number of fused-ring (bicyclic) bond motifs is 10. The summed E-state index contributed by atoms with van der Waals surface area (Å²) < 4.78 is 0. The van der Waals surface area contributed by atoms with E-state index in [4.69, 9.17) is 0 Å².